The van der Waals surface area contributed by atoms with E-state index >= 15 is 0 Å². The van der Waals surface area contributed by atoms with E-state index in [9.17, 15) is 14.4 Å². The number of methoxy groups -OCH3 is 1. The van der Waals surface area contributed by atoms with Gasteiger partial charge in [-0.05, 0) is 37.1 Å². The smallest absolute Gasteiger partial charge is 0.338 e. The quantitative estimate of drug-likeness (QED) is 0.186. The third kappa shape index (κ3) is 5.36. The van der Waals surface area contributed by atoms with Gasteiger partial charge in [0.15, 0.2) is 4.80 Å². The molecule has 0 saturated carbocycles. The van der Waals surface area contributed by atoms with Crippen molar-refractivity contribution >= 4 is 34.5 Å². The summed E-state index contributed by atoms with van der Waals surface area (Å²) in [5, 5.41) is 0. The Labute approximate surface area is 248 Å². The molecule has 0 fully saturated rings. The molecule has 0 bridgehead atoms. The fourth-order valence-corrected chi connectivity index (χ4v) is 6.68. The molecule has 218 valence electrons. The molecule has 3 heterocycles. The van der Waals surface area contributed by atoms with Crippen LogP contribution in [0.15, 0.2) is 82.2 Å². The van der Waals surface area contributed by atoms with Crippen LogP contribution in [0.2, 0.25) is 0 Å². The lowest BCUT2D eigenvalue weighted by Crippen LogP contribution is -2.41. The summed E-state index contributed by atoms with van der Waals surface area (Å²) in [6.07, 6.45) is 6.89. The lowest BCUT2D eigenvalue weighted by molar-refractivity contribution is -0.138. The van der Waals surface area contributed by atoms with Gasteiger partial charge in [-0.3, -0.25) is 14.2 Å². The molecule has 1 amide bonds. The molecule has 0 saturated heterocycles. The number of nitrogens with zero attached hydrogens (tertiary/aromatic N) is 3. The number of benzene rings is 2. The number of esters is 1. The maximum absolute atomic E-state index is 14.3. The van der Waals surface area contributed by atoms with Gasteiger partial charge >= 0.3 is 5.97 Å². The molecular formula is C33H35N3O5S. The summed E-state index contributed by atoms with van der Waals surface area (Å²) in [7, 11) is 1.58. The predicted octanol–water partition coefficient (Wildman–Crippen LogP) is 4.66. The zero-order chi connectivity index (χ0) is 29.8. The van der Waals surface area contributed by atoms with Crippen molar-refractivity contribution in [1.29, 1.82) is 0 Å². The molecule has 1 atom stereocenters. The van der Waals surface area contributed by atoms with Crippen LogP contribution in [0.4, 0.5) is 5.69 Å². The van der Waals surface area contributed by atoms with Gasteiger partial charge in [0.05, 0.1) is 35.7 Å². The number of aromatic nitrogens is 1. The number of rotatable bonds is 11. The highest BCUT2D eigenvalue weighted by molar-refractivity contribution is 7.07. The van der Waals surface area contributed by atoms with E-state index in [1.54, 1.807) is 31.1 Å². The number of thiazole rings is 1. The SMILES string of the molecule is C=CCOC(=O)C1=C(C)N=c2s/c(=C3\C(=O)N(CCCCCCC)c4ccccc43)c(=O)n2[C@H]1c1ccc(OC)cc1. The molecule has 0 unspecified atom stereocenters. The number of para-hydroxylation sites is 1. The van der Waals surface area contributed by atoms with Gasteiger partial charge in [0.25, 0.3) is 11.5 Å². The van der Waals surface area contributed by atoms with Crippen LogP contribution < -0.4 is 24.5 Å². The van der Waals surface area contributed by atoms with Gasteiger partial charge in [0.2, 0.25) is 0 Å². The van der Waals surface area contributed by atoms with Crippen LogP contribution in [0, 0.1) is 0 Å². The number of allylic oxidation sites excluding steroid dienone is 1. The molecule has 0 N–H and O–H groups in total. The van der Waals surface area contributed by atoms with Gasteiger partial charge in [0.1, 0.15) is 16.9 Å². The molecule has 42 heavy (non-hydrogen) atoms. The van der Waals surface area contributed by atoms with Gasteiger partial charge < -0.3 is 14.4 Å². The summed E-state index contributed by atoms with van der Waals surface area (Å²) in [6, 6.07) is 14.0. The van der Waals surface area contributed by atoms with E-state index in [-0.39, 0.29) is 23.6 Å². The third-order valence-electron chi connectivity index (χ3n) is 7.62. The van der Waals surface area contributed by atoms with Crippen LogP contribution in [-0.4, -0.2) is 36.7 Å². The molecule has 2 aliphatic rings. The van der Waals surface area contributed by atoms with Gasteiger partial charge in [-0.15, -0.1) is 0 Å². The maximum Gasteiger partial charge on any atom is 0.338 e. The third-order valence-corrected chi connectivity index (χ3v) is 8.67. The Morgan fingerprint density at radius 3 is 2.52 bits per heavy atom. The first-order valence-corrected chi connectivity index (χ1v) is 15.1. The molecule has 8 nitrogen and oxygen atoms in total. The normalized spacial score (nSPS) is 17.1. The van der Waals surface area contributed by atoms with Crippen LogP contribution in [-0.2, 0) is 14.3 Å². The molecule has 1 aromatic heterocycles. The molecule has 0 spiro atoms. The number of fused-ring (bicyclic) bond motifs is 2. The topological polar surface area (TPSA) is 90.2 Å². The average Bonchev–Trinajstić information content (AvgIpc) is 3.47. The molecule has 0 aliphatic carbocycles. The zero-order valence-corrected chi connectivity index (χ0v) is 25.0. The zero-order valence-electron chi connectivity index (χ0n) is 24.2. The average molecular weight is 586 g/mol. The highest BCUT2D eigenvalue weighted by atomic mass is 32.1. The van der Waals surface area contributed by atoms with Crippen LogP contribution in [0.1, 0.15) is 63.1 Å². The molecular weight excluding hydrogens is 550 g/mol. The van der Waals surface area contributed by atoms with Crippen LogP contribution >= 0.6 is 11.3 Å². The number of hydrogen-bond donors (Lipinski definition) is 0. The van der Waals surface area contributed by atoms with Crippen molar-refractivity contribution in [2.45, 2.75) is 52.0 Å². The summed E-state index contributed by atoms with van der Waals surface area (Å²) in [4.78, 5) is 48.4. The highest BCUT2D eigenvalue weighted by Crippen LogP contribution is 2.36. The number of hydrogen-bond acceptors (Lipinski definition) is 7. The van der Waals surface area contributed by atoms with Crippen molar-refractivity contribution in [1.82, 2.24) is 4.57 Å². The number of anilines is 1. The van der Waals surface area contributed by atoms with E-state index in [2.05, 4.69) is 18.5 Å². The second kappa shape index (κ2) is 12.7. The fraction of sp³-hybridized carbons (Fsp3) is 0.333. The standard InChI is InChI=1S/C33H35N3O5S/c1-5-7-8-9-12-19-35-25-14-11-10-13-24(25)27(30(35)37)29-31(38)36-28(22-15-17-23(40-4)18-16-22)26(32(39)41-20-6-2)21(3)34-33(36)42-29/h6,10-11,13-18,28H,2,5,7-9,12,19-20H2,1,3-4H3/b29-27-/t28-/m0/s1. The molecule has 3 aromatic rings. The van der Waals surface area contributed by atoms with Crippen molar-refractivity contribution in [3.63, 3.8) is 0 Å². The summed E-state index contributed by atoms with van der Waals surface area (Å²) in [5.41, 5.74) is 2.98. The van der Waals surface area contributed by atoms with E-state index in [0.717, 1.165) is 36.9 Å². The first-order chi connectivity index (χ1) is 20.4. The lowest BCUT2D eigenvalue weighted by atomic mass is 9.96. The van der Waals surface area contributed by atoms with Crippen LogP contribution in [0.25, 0.3) is 5.57 Å². The number of unbranched alkanes of at least 4 members (excludes halogenated alkanes) is 4. The molecule has 9 heteroatoms. The van der Waals surface area contributed by atoms with E-state index in [1.165, 1.54) is 28.4 Å². The lowest BCUT2D eigenvalue weighted by Gasteiger charge is -2.24. The number of carbonyl (C=O) groups excluding carboxylic acids is 2. The maximum atomic E-state index is 14.3. The van der Waals surface area contributed by atoms with Gasteiger partial charge in [0, 0.05) is 12.1 Å². The number of ether oxygens (including phenoxy) is 2. The second-order valence-corrected chi connectivity index (χ2v) is 11.3. The van der Waals surface area contributed by atoms with Crippen molar-refractivity contribution < 1.29 is 19.1 Å². The summed E-state index contributed by atoms with van der Waals surface area (Å²) in [6.45, 7) is 8.16. The van der Waals surface area contributed by atoms with E-state index in [1.807, 2.05) is 36.4 Å². The van der Waals surface area contributed by atoms with Crippen molar-refractivity contribution in [3.8, 4) is 5.75 Å². The van der Waals surface area contributed by atoms with Gasteiger partial charge in [-0.1, -0.05) is 86.9 Å². The Morgan fingerprint density at radius 2 is 1.81 bits per heavy atom. The molecule has 0 radical (unpaired) electrons. The van der Waals surface area contributed by atoms with Gasteiger partial charge in [-0.2, -0.15) is 0 Å². The Balaban J connectivity index is 1.66. The largest absolute Gasteiger partial charge is 0.497 e. The minimum atomic E-state index is -0.791. The minimum Gasteiger partial charge on any atom is -0.497 e. The number of amides is 1. The van der Waals surface area contributed by atoms with Crippen LogP contribution in [0.5, 0.6) is 5.75 Å². The highest BCUT2D eigenvalue weighted by Gasteiger charge is 2.37. The molecule has 5 rings (SSSR count). The Bertz CT molecular complexity index is 1730. The Kier molecular flexibility index (Phi) is 8.87. The number of carbonyl (C=O) groups is 2. The van der Waals surface area contributed by atoms with Crippen LogP contribution in [0.3, 0.4) is 0 Å². The summed E-state index contributed by atoms with van der Waals surface area (Å²) < 4.78 is 12.6. The predicted molar refractivity (Wildman–Crippen MR) is 164 cm³/mol. The van der Waals surface area contributed by atoms with Crippen molar-refractivity contribution in [3.05, 3.63) is 103 Å². The van der Waals surface area contributed by atoms with Crippen molar-refractivity contribution in [2.75, 3.05) is 25.2 Å². The second-order valence-electron chi connectivity index (χ2n) is 10.3. The Morgan fingerprint density at radius 1 is 1.07 bits per heavy atom. The summed E-state index contributed by atoms with van der Waals surface area (Å²) >= 11 is 1.18. The first-order valence-electron chi connectivity index (χ1n) is 14.3. The fourth-order valence-electron chi connectivity index (χ4n) is 5.54. The molecule has 2 aromatic carbocycles. The molecule has 2 aliphatic heterocycles. The van der Waals surface area contributed by atoms with Gasteiger partial charge in [-0.25, -0.2) is 9.79 Å². The monoisotopic (exact) mass is 585 g/mol. The van der Waals surface area contributed by atoms with E-state index in [4.69, 9.17) is 9.47 Å². The Hall–Kier alpha value is -4.24. The summed E-state index contributed by atoms with van der Waals surface area (Å²) in [5.74, 6) is -0.112. The van der Waals surface area contributed by atoms with E-state index in [0.29, 0.717) is 38.5 Å². The van der Waals surface area contributed by atoms with Crippen molar-refractivity contribution in [2.24, 2.45) is 4.99 Å². The first kappa shape index (κ1) is 29.3. The minimum absolute atomic E-state index is 0.0269. The van der Waals surface area contributed by atoms with E-state index < -0.39 is 12.0 Å².